The van der Waals surface area contributed by atoms with E-state index in [-0.39, 0.29) is 41.6 Å². The molecule has 11 nitrogen and oxygen atoms in total. The number of benzene rings is 1. The number of nitrogens with one attached hydrogen (secondary N) is 2. The lowest BCUT2D eigenvalue weighted by Crippen LogP contribution is -2.31. The summed E-state index contributed by atoms with van der Waals surface area (Å²) in [4.78, 5) is 31.1. The van der Waals surface area contributed by atoms with Gasteiger partial charge in [-0.2, -0.15) is 5.10 Å². The zero-order valence-electron chi connectivity index (χ0n) is 20.5. The Kier molecular flexibility index (Phi) is 7.22. The number of methoxy groups -OCH3 is 2. The highest BCUT2D eigenvalue weighted by atomic mass is 35.5. The largest absolute Gasteiger partial charge is 0.480 e. The number of aromatic nitrogens is 5. The van der Waals surface area contributed by atoms with Crippen LogP contribution in [0.3, 0.4) is 0 Å². The number of amides is 2. The number of pyridine rings is 1. The summed E-state index contributed by atoms with van der Waals surface area (Å²) in [6.45, 7) is 5.73. The second-order valence-corrected chi connectivity index (χ2v) is 8.75. The smallest absolute Gasteiger partial charge is 0.274 e. The lowest BCUT2D eigenvalue weighted by molar-refractivity contribution is 0.0945. The third kappa shape index (κ3) is 4.88. The van der Waals surface area contributed by atoms with Crippen molar-refractivity contribution in [3.8, 4) is 11.7 Å². The normalized spacial score (nSPS) is 11.2. The summed E-state index contributed by atoms with van der Waals surface area (Å²) in [6.07, 6.45) is 3.33. The number of rotatable bonds is 8. The van der Waals surface area contributed by atoms with Gasteiger partial charge in [0.25, 0.3) is 11.8 Å². The molecule has 0 bridgehead atoms. The summed E-state index contributed by atoms with van der Waals surface area (Å²) < 4.78 is 13.3. The van der Waals surface area contributed by atoms with Crippen molar-refractivity contribution in [3.05, 3.63) is 58.5 Å². The summed E-state index contributed by atoms with van der Waals surface area (Å²) in [6, 6.07) is 6.50. The number of carbonyl (C=O) groups is 2. The lowest BCUT2D eigenvalue weighted by Gasteiger charge is -2.16. The minimum Gasteiger partial charge on any atom is -0.480 e. The molecule has 0 aliphatic rings. The molecular formula is C24H26ClN7O4. The second kappa shape index (κ2) is 10.3. The molecule has 0 atom stereocenters. The van der Waals surface area contributed by atoms with Crippen LogP contribution in [0.15, 0.2) is 36.7 Å². The van der Waals surface area contributed by atoms with Crippen LogP contribution >= 0.6 is 11.6 Å². The van der Waals surface area contributed by atoms with Crippen molar-refractivity contribution in [1.29, 1.82) is 0 Å². The molecule has 0 fully saturated rings. The Bertz CT molecular complexity index is 1440. The average Bonchev–Trinajstić information content (AvgIpc) is 3.43. The maximum atomic E-state index is 13.6. The second-order valence-electron chi connectivity index (χ2n) is 8.34. The fraction of sp³-hybridized carbons (Fsp3) is 0.292. The number of anilines is 1. The van der Waals surface area contributed by atoms with E-state index >= 15 is 0 Å². The number of fused-ring (bicyclic) bond motifs is 1. The van der Waals surface area contributed by atoms with Gasteiger partial charge in [-0.05, 0) is 44.5 Å². The topological polar surface area (TPSA) is 125 Å². The van der Waals surface area contributed by atoms with Crippen molar-refractivity contribution in [3.63, 3.8) is 0 Å². The third-order valence-electron chi connectivity index (χ3n) is 5.26. The van der Waals surface area contributed by atoms with E-state index in [0.717, 1.165) is 5.39 Å². The summed E-state index contributed by atoms with van der Waals surface area (Å²) >= 11 is 6.31. The predicted molar refractivity (Wildman–Crippen MR) is 135 cm³/mol. The zero-order chi connectivity index (χ0) is 26.0. The van der Waals surface area contributed by atoms with Gasteiger partial charge in [0.05, 0.1) is 23.4 Å². The molecule has 3 aromatic heterocycles. The molecule has 0 unspecified atom stereocenters. The third-order valence-corrected chi connectivity index (χ3v) is 5.55. The molecular weight excluding hydrogens is 486 g/mol. The quantitative estimate of drug-likeness (QED) is 0.370. The van der Waals surface area contributed by atoms with Crippen LogP contribution in [0.5, 0.6) is 5.88 Å². The fourth-order valence-electron chi connectivity index (χ4n) is 3.77. The Labute approximate surface area is 212 Å². The Morgan fingerprint density at radius 1 is 1.17 bits per heavy atom. The van der Waals surface area contributed by atoms with Crippen molar-refractivity contribution in [2.45, 2.75) is 33.5 Å². The summed E-state index contributed by atoms with van der Waals surface area (Å²) in [5, 5.41) is 15.6. The van der Waals surface area contributed by atoms with E-state index in [9.17, 15) is 9.59 Å². The maximum Gasteiger partial charge on any atom is 0.274 e. The van der Waals surface area contributed by atoms with Crippen LogP contribution in [0.2, 0.25) is 5.02 Å². The van der Waals surface area contributed by atoms with Gasteiger partial charge in [-0.1, -0.05) is 11.6 Å². The number of nitrogens with zero attached hydrogens (tertiary/aromatic N) is 5. The van der Waals surface area contributed by atoms with Gasteiger partial charge in [0.15, 0.2) is 5.82 Å². The van der Waals surface area contributed by atoms with Crippen LogP contribution in [0, 0.1) is 6.92 Å². The number of carbonyl (C=O) groups excluding carboxylic acids is 2. The van der Waals surface area contributed by atoms with E-state index in [2.05, 4.69) is 25.8 Å². The molecule has 0 saturated heterocycles. The number of hydrogen-bond acceptors (Lipinski definition) is 7. The van der Waals surface area contributed by atoms with E-state index in [1.165, 1.54) is 17.9 Å². The first-order valence-corrected chi connectivity index (χ1v) is 11.5. The van der Waals surface area contributed by atoms with Gasteiger partial charge in [0.2, 0.25) is 5.88 Å². The molecule has 12 heteroatoms. The summed E-state index contributed by atoms with van der Waals surface area (Å²) in [7, 11) is 3.00. The van der Waals surface area contributed by atoms with E-state index in [1.54, 1.807) is 36.3 Å². The van der Waals surface area contributed by atoms with Gasteiger partial charge in [-0.15, -0.1) is 5.10 Å². The predicted octanol–water partition coefficient (Wildman–Crippen LogP) is 3.58. The van der Waals surface area contributed by atoms with Crippen molar-refractivity contribution >= 4 is 40.0 Å². The van der Waals surface area contributed by atoms with Gasteiger partial charge in [0.1, 0.15) is 17.9 Å². The maximum absolute atomic E-state index is 13.6. The highest BCUT2D eigenvalue weighted by Crippen LogP contribution is 2.31. The first kappa shape index (κ1) is 25.1. The Morgan fingerprint density at radius 3 is 2.61 bits per heavy atom. The number of hydrogen-bond donors (Lipinski definition) is 2. The van der Waals surface area contributed by atoms with Crippen LogP contribution in [-0.2, 0) is 11.5 Å². The van der Waals surface area contributed by atoms with Gasteiger partial charge in [-0.25, -0.2) is 14.3 Å². The van der Waals surface area contributed by atoms with E-state index < -0.39 is 5.91 Å². The van der Waals surface area contributed by atoms with Crippen LogP contribution in [0.4, 0.5) is 5.69 Å². The molecule has 0 radical (unpaired) electrons. The number of aryl methyl sites for hydroxylation is 1. The molecule has 0 aliphatic carbocycles. The Balaban J connectivity index is 1.83. The Morgan fingerprint density at radius 2 is 1.94 bits per heavy atom. The van der Waals surface area contributed by atoms with Crippen LogP contribution in [0.25, 0.3) is 16.7 Å². The van der Waals surface area contributed by atoms with Gasteiger partial charge >= 0.3 is 0 Å². The number of ether oxygens (including phenoxy) is 2. The molecule has 4 aromatic rings. The average molecular weight is 512 g/mol. The first-order valence-electron chi connectivity index (χ1n) is 11.1. The van der Waals surface area contributed by atoms with Gasteiger partial charge in [0, 0.05) is 37.0 Å². The van der Waals surface area contributed by atoms with Crippen LogP contribution in [-0.4, -0.2) is 56.6 Å². The summed E-state index contributed by atoms with van der Waals surface area (Å²) in [5.41, 5.74) is 1.80. The highest BCUT2D eigenvalue weighted by Gasteiger charge is 2.25. The molecule has 0 saturated carbocycles. The summed E-state index contributed by atoms with van der Waals surface area (Å²) in [5.74, 6) is -0.443. The lowest BCUT2D eigenvalue weighted by atomic mass is 10.0. The molecule has 188 valence electrons. The SMILES string of the molecule is COCn1cc2cc(C)c(NC(=O)c3cc(OC)nn3-c3ncccc3Cl)c(C(=O)NC(C)C)c2n1. The fourth-order valence-corrected chi connectivity index (χ4v) is 3.97. The minimum atomic E-state index is -0.537. The molecule has 3 heterocycles. The molecule has 2 N–H and O–H groups in total. The van der Waals surface area contributed by atoms with Crippen molar-refractivity contribution < 1.29 is 19.1 Å². The standard InChI is InChI=1S/C24H26ClN7O4/c1-13(2)27-24(34)19-20(14(3)9-15-11-31(12-35-4)30-21(15)19)28-23(33)17-10-18(36-5)29-32(17)22-16(25)7-6-8-26-22/h6-11,13H,12H2,1-5H3,(H,27,34)(H,28,33). The molecule has 4 rings (SSSR count). The first-order chi connectivity index (χ1) is 17.2. The van der Waals surface area contributed by atoms with Gasteiger partial charge in [-0.3, -0.25) is 9.59 Å². The molecule has 1 aromatic carbocycles. The van der Waals surface area contributed by atoms with Crippen LogP contribution in [0.1, 0.15) is 40.3 Å². The van der Waals surface area contributed by atoms with E-state index in [4.69, 9.17) is 21.1 Å². The molecule has 0 spiro atoms. The van der Waals surface area contributed by atoms with Gasteiger partial charge < -0.3 is 20.1 Å². The minimum absolute atomic E-state index is 0.118. The van der Waals surface area contributed by atoms with Crippen molar-refractivity contribution in [2.75, 3.05) is 19.5 Å². The highest BCUT2D eigenvalue weighted by molar-refractivity contribution is 6.32. The number of halogens is 1. The zero-order valence-corrected chi connectivity index (χ0v) is 21.3. The van der Waals surface area contributed by atoms with E-state index in [1.807, 2.05) is 26.8 Å². The Hall–Kier alpha value is -3.96. The van der Waals surface area contributed by atoms with Crippen molar-refractivity contribution in [1.82, 2.24) is 29.9 Å². The van der Waals surface area contributed by atoms with E-state index in [0.29, 0.717) is 21.8 Å². The monoisotopic (exact) mass is 511 g/mol. The molecule has 36 heavy (non-hydrogen) atoms. The molecule has 0 aliphatic heterocycles. The van der Waals surface area contributed by atoms with Crippen molar-refractivity contribution in [2.24, 2.45) is 0 Å². The van der Waals surface area contributed by atoms with Crippen LogP contribution < -0.4 is 15.4 Å². The molecule has 2 amide bonds.